The van der Waals surface area contributed by atoms with Crippen molar-refractivity contribution in [3.05, 3.63) is 63.7 Å². The lowest BCUT2D eigenvalue weighted by molar-refractivity contribution is -0.386. The largest absolute Gasteiger partial charge is 0.500 e. The number of rotatable bonds is 6. The molecule has 0 saturated heterocycles. The molecule has 0 aliphatic rings. The van der Waals surface area contributed by atoms with E-state index < -0.39 is 28.4 Å². The van der Waals surface area contributed by atoms with Crippen LogP contribution in [-0.2, 0) is 4.79 Å². The van der Waals surface area contributed by atoms with Gasteiger partial charge in [-0.2, -0.15) is 5.10 Å². The number of aromatic hydroxyl groups is 1. The zero-order valence-corrected chi connectivity index (χ0v) is 13.1. The molecular formula is C16H15N3O6. The Morgan fingerprint density at radius 3 is 2.64 bits per heavy atom. The van der Waals surface area contributed by atoms with Crippen molar-refractivity contribution in [2.75, 3.05) is 7.11 Å². The fourth-order valence-corrected chi connectivity index (χ4v) is 2.00. The maximum absolute atomic E-state index is 11.8. The number of benzene rings is 2. The Morgan fingerprint density at radius 1 is 1.36 bits per heavy atom. The highest BCUT2D eigenvalue weighted by Gasteiger charge is 2.19. The van der Waals surface area contributed by atoms with Crippen LogP contribution in [0.15, 0.2) is 47.6 Å². The Kier molecular flexibility index (Phi) is 5.64. The van der Waals surface area contributed by atoms with Crippen LogP contribution in [0.5, 0.6) is 11.5 Å². The third-order valence-corrected chi connectivity index (χ3v) is 3.25. The molecule has 1 atom stereocenters. The minimum Gasteiger partial charge on any atom is -0.500 e. The number of aliphatic hydroxyl groups excluding tert-OH is 1. The van der Waals surface area contributed by atoms with E-state index in [9.17, 15) is 25.1 Å². The summed E-state index contributed by atoms with van der Waals surface area (Å²) in [4.78, 5) is 22.0. The van der Waals surface area contributed by atoms with Gasteiger partial charge in [-0.25, -0.2) is 5.43 Å². The quantitative estimate of drug-likeness (QED) is 0.412. The summed E-state index contributed by atoms with van der Waals surface area (Å²) in [5, 5.41) is 34.1. The first-order chi connectivity index (χ1) is 11.9. The van der Waals surface area contributed by atoms with Crippen LogP contribution in [0.2, 0.25) is 0 Å². The predicted molar refractivity (Wildman–Crippen MR) is 88.5 cm³/mol. The van der Waals surface area contributed by atoms with E-state index in [4.69, 9.17) is 4.74 Å². The number of amides is 1. The molecule has 3 N–H and O–H groups in total. The fraction of sp³-hybridized carbons (Fsp3) is 0.125. The van der Waals surface area contributed by atoms with Crippen molar-refractivity contribution in [1.82, 2.24) is 5.43 Å². The normalized spacial score (nSPS) is 11.9. The second-order valence-corrected chi connectivity index (χ2v) is 4.90. The third-order valence-electron chi connectivity index (χ3n) is 3.25. The van der Waals surface area contributed by atoms with Crippen molar-refractivity contribution in [2.24, 2.45) is 5.10 Å². The van der Waals surface area contributed by atoms with Gasteiger partial charge in [-0.05, 0) is 11.6 Å². The van der Waals surface area contributed by atoms with Crippen LogP contribution in [0.3, 0.4) is 0 Å². The van der Waals surface area contributed by atoms with Gasteiger partial charge in [0.15, 0.2) is 11.9 Å². The van der Waals surface area contributed by atoms with Gasteiger partial charge >= 0.3 is 5.69 Å². The van der Waals surface area contributed by atoms with Gasteiger partial charge in [0.1, 0.15) is 0 Å². The van der Waals surface area contributed by atoms with E-state index in [2.05, 4.69) is 10.5 Å². The summed E-state index contributed by atoms with van der Waals surface area (Å²) < 4.78 is 4.86. The average Bonchev–Trinajstić information content (AvgIpc) is 2.62. The highest BCUT2D eigenvalue weighted by Crippen LogP contribution is 2.36. The molecule has 130 valence electrons. The molecule has 2 rings (SSSR count). The Bertz CT molecular complexity index is 807. The Morgan fingerprint density at radius 2 is 2.04 bits per heavy atom. The van der Waals surface area contributed by atoms with E-state index in [1.807, 2.05) is 0 Å². The van der Waals surface area contributed by atoms with Crippen molar-refractivity contribution in [2.45, 2.75) is 6.10 Å². The average molecular weight is 345 g/mol. The van der Waals surface area contributed by atoms with Crippen molar-refractivity contribution in [1.29, 1.82) is 0 Å². The van der Waals surface area contributed by atoms with Crippen molar-refractivity contribution >= 4 is 17.8 Å². The molecule has 1 amide bonds. The lowest BCUT2D eigenvalue weighted by Crippen LogP contribution is -2.25. The molecule has 0 aromatic heterocycles. The maximum atomic E-state index is 11.8. The number of hydrazone groups is 1. The van der Waals surface area contributed by atoms with Crippen LogP contribution in [-0.4, -0.2) is 34.4 Å². The number of nitrogens with zero attached hydrogens (tertiary/aromatic N) is 2. The van der Waals surface area contributed by atoms with Crippen LogP contribution < -0.4 is 10.2 Å². The van der Waals surface area contributed by atoms with Gasteiger partial charge in [-0.3, -0.25) is 14.9 Å². The monoisotopic (exact) mass is 345 g/mol. The molecule has 0 aliphatic heterocycles. The molecular weight excluding hydrogens is 330 g/mol. The van der Waals surface area contributed by atoms with Crippen LogP contribution >= 0.6 is 0 Å². The number of carbonyl (C=O) groups excluding carboxylic acids is 1. The second-order valence-electron chi connectivity index (χ2n) is 4.90. The summed E-state index contributed by atoms with van der Waals surface area (Å²) in [5.41, 5.74) is 2.20. The molecule has 0 bridgehead atoms. The lowest BCUT2D eigenvalue weighted by Gasteiger charge is -2.08. The van der Waals surface area contributed by atoms with Gasteiger partial charge in [-0.15, -0.1) is 0 Å². The van der Waals surface area contributed by atoms with E-state index >= 15 is 0 Å². The summed E-state index contributed by atoms with van der Waals surface area (Å²) in [5.74, 6) is -1.47. The molecule has 2 aromatic rings. The first-order valence-electron chi connectivity index (χ1n) is 7.05. The first-order valence-corrected chi connectivity index (χ1v) is 7.05. The summed E-state index contributed by atoms with van der Waals surface area (Å²) >= 11 is 0. The number of ether oxygens (including phenoxy) is 1. The fourth-order valence-electron chi connectivity index (χ4n) is 2.00. The molecule has 9 nitrogen and oxygen atoms in total. The van der Waals surface area contributed by atoms with Gasteiger partial charge in [0.05, 0.1) is 18.2 Å². The minimum atomic E-state index is -1.40. The van der Waals surface area contributed by atoms with Crippen LogP contribution in [0.25, 0.3) is 0 Å². The van der Waals surface area contributed by atoms with Gasteiger partial charge in [0, 0.05) is 11.6 Å². The first kappa shape index (κ1) is 17.9. The zero-order valence-electron chi connectivity index (χ0n) is 13.1. The topological polar surface area (TPSA) is 134 Å². The number of nitro groups is 1. The molecule has 0 saturated carbocycles. The van der Waals surface area contributed by atoms with E-state index in [0.29, 0.717) is 5.56 Å². The molecule has 0 aliphatic carbocycles. The van der Waals surface area contributed by atoms with Crippen molar-refractivity contribution < 1.29 is 24.7 Å². The number of carbonyl (C=O) groups is 1. The van der Waals surface area contributed by atoms with Gasteiger partial charge in [0.25, 0.3) is 5.91 Å². The smallest absolute Gasteiger partial charge is 0.315 e. The standard InChI is InChI=1S/C16H15N3O6/c1-25-13-8-10(7-12(15(13)21)19(23)24)9-17-18-16(22)14(20)11-5-3-2-4-6-11/h2-9,14,20-21H,1H3,(H,18,22)/t14-/m0/s1. The summed E-state index contributed by atoms with van der Waals surface area (Å²) in [6.07, 6.45) is -0.271. The molecule has 25 heavy (non-hydrogen) atoms. The third kappa shape index (κ3) is 4.30. The lowest BCUT2D eigenvalue weighted by atomic mass is 10.1. The SMILES string of the molecule is COc1cc(C=NNC(=O)[C@@H](O)c2ccccc2)cc([N+](=O)[O-])c1O. The highest BCUT2D eigenvalue weighted by molar-refractivity contribution is 5.86. The summed E-state index contributed by atoms with van der Waals surface area (Å²) in [6, 6.07) is 10.7. The van der Waals surface area contributed by atoms with E-state index in [1.165, 1.54) is 13.2 Å². The summed E-state index contributed by atoms with van der Waals surface area (Å²) in [6.45, 7) is 0. The van der Waals surface area contributed by atoms with Crippen molar-refractivity contribution in [3.63, 3.8) is 0 Å². The zero-order chi connectivity index (χ0) is 18.4. The molecule has 0 heterocycles. The molecule has 0 fully saturated rings. The summed E-state index contributed by atoms with van der Waals surface area (Å²) in [7, 11) is 1.25. The Labute approximate surface area is 142 Å². The number of hydrogen-bond acceptors (Lipinski definition) is 7. The molecule has 0 spiro atoms. The van der Waals surface area contributed by atoms with E-state index in [0.717, 1.165) is 12.3 Å². The predicted octanol–water partition coefficient (Wildman–Crippen LogP) is 1.49. The molecule has 2 aromatic carbocycles. The Balaban J connectivity index is 2.13. The number of nitro benzene ring substituents is 1. The number of hydrogen-bond donors (Lipinski definition) is 3. The molecule has 0 unspecified atom stereocenters. The number of phenolic OH excluding ortho intramolecular Hbond substituents is 1. The van der Waals surface area contributed by atoms with Gasteiger partial charge in [0.2, 0.25) is 5.75 Å². The van der Waals surface area contributed by atoms with Crippen molar-refractivity contribution in [3.8, 4) is 11.5 Å². The van der Waals surface area contributed by atoms with Crippen LogP contribution in [0.4, 0.5) is 5.69 Å². The van der Waals surface area contributed by atoms with Crippen LogP contribution in [0, 0.1) is 10.1 Å². The number of nitrogens with one attached hydrogen (secondary N) is 1. The number of methoxy groups -OCH3 is 1. The number of phenols is 1. The Hall–Kier alpha value is -3.46. The highest BCUT2D eigenvalue weighted by atomic mass is 16.6. The molecule has 9 heteroatoms. The van der Waals surface area contributed by atoms with Gasteiger partial charge in [-0.1, -0.05) is 30.3 Å². The maximum Gasteiger partial charge on any atom is 0.315 e. The minimum absolute atomic E-state index is 0.105. The van der Waals surface area contributed by atoms with Gasteiger partial charge < -0.3 is 14.9 Å². The van der Waals surface area contributed by atoms with Crippen LogP contribution in [0.1, 0.15) is 17.2 Å². The van der Waals surface area contributed by atoms with E-state index in [1.54, 1.807) is 30.3 Å². The second kappa shape index (κ2) is 7.88. The number of aliphatic hydroxyl groups is 1. The molecule has 0 radical (unpaired) electrons. The van der Waals surface area contributed by atoms with E-state index in [-0.39, 0.29) is 11.3 Å².